The molecule has 3 aromatic rings. The predicted molar refractivity (Wildman–Crippen MR) is 135 cm³/mol. The second kappa shape index (κ2) is 11.4. The van der Waals surface area contributed by atoms with Crippen LogP contribution in [0.25, 0.3) is 0 Å². The zero-order valence-electron chi connectivity index (χ0n) is 19.5. The van der Waals surface area contributed by atoms with Crippen molar-refractivity contribution in [2.75, 3.05) is 7.11 Å². The Balaban J connectivity index is 1.60. The van der Waals surface area contributed by atoms with Gasteiger partial charge in [-0.15, -0.1) is 12.6 Å². The molecular weight excluding hydrogens is 448 g/mol. The van der Waals surface area contributed by atoms with Crippen molar-refractivity contribution < 1.29 is 24.1 Å². The molecule has 0 radical (unpaired) electrons. The molecule has 0 saturated carbocycles. The van der Waals surface area contributed by atoms with E-state index in [9.17, 15) is 5.11 Å². The Morgan fingerprint density at radius 1 is 0.824 bits per heavy atom. The monoisotopic (exact) mass is 480 g/mol. The Kier molecular flexibility index (Phi) is 8.29. The molecule has 4 rings (SSSR count). The highest BCUT2D eigenvalue weighted by atomic mass is 32.1. The lowest BCUT2D eigenvalue weighted by Crippen LogP contribution is -2.66. The van der Waals surface area contributed by atoms with Crippen molar-refractivity contribution in [2.24, 2.45) is 0 Å². The molecule has 34 heavy (non-hydrogen) atoms. The third-order valence-corrected chi connectivity index (χ3v) is 6.74. The Morgan fingerprint density at radius 3 is 1.94 bits per heavy atom. The van der Waals surface area contributed by atoms with Crippen LogP contribution in [0, 0.1) is 0 Å². The Morgan fingerprint density at radius 2 is 1.38 bits per heavy atom. The highest BCUT2D eigenvalue weighted by Gasteiger charge is 2.54. The van der Waals surface area contributed by atoms with Crippen LogP contribution in [-0.2, 0) is 33.8 Å². The van der Waals surface area contributed by atoms with Crippen LogP contribution in [0.2, 0.25) is 0 Å². The molecule has 5 nitrogen and oxygen atoms in total. The van der Waals surface area contributed by atoms with Gasteiger partial charge in [0.1, 0.15) is 29.0 Å². The van der Waals surface area contributed by atoms with Gasteiger partial charge >= 0.3 is 0 Å². The second-order valence-corrected chi connectivity index (χ2v) is 9.17. The van der Waals surface area contributed by atoms with Crippen LogP contribution >= 0.6 is 12.6 Å². The largest absolute Gasteiger partial charge is 0.497 e. The van der Waals surface area contributed by atoms with Gasteiger partial charge < -0.3 is 24.1 Å². The molecule has 0 bridgehead atoms. The van der Waals surface area contributed by atoms with Gasteiger partial charge in [0, 0.05) is 6.42 Å². The SMILES string of the molecule is COc1ccc(C[C@@]2(O)[C@H](OCc3ccccc3)[C@@H](OCc3ccccc3)[C@H](S)O[C@@H]2C)cc1. The molecule has 0 spiro atoms. The smallest absolute Gasteiger partial charge is 0.129 e. The number of ether oxygens (including phenoxy) is 4. The van der Waals surface area contributed by atoms with Crippen LogP contribution in [0.3, 0.4) is 0 Å². The number of hydrogen-bond acceptors (Lipinski definition) is 6. The molecule has 0 aliphatic carbocycles. The molecular formula is C28H32O5S. The molecule has 1 N–H and O–H groups in total. The first kappa shape index (κ1) is 24.8. The summed E-state index contributed by atoms with van der Waals surface area (Å²) >= 11 is 4.68. The maximum absolute atomic E-state index is 12.0. The number of methoxy groups -OCH3 is 1. The fourth-order valence-corrected chi connectivity index (χ4v) is 4.75. The van der Waals surface area contributed by atoms with Gasteiger partial charge in [-0.3, -0.25) is 0 Å². The summed E-state index contributed by atoms with van der Waals surface area (Å²) < 4.78 is 24.1. The summed E-state index contributed by atoms with van der Waals surface area (Å²) in [6.07, 6.45) is -1.42. The molecule has 0 amide bonds. The van der Waals surface area contributed by atoms with E-state index in [4.69, 9.17) is 18.9 Å². The minimum absolute atomic E-state index is 0.337. The first-order chi connectivity index (χ1) is 16.5. The summed E-state index contributed by atoms with van der Waals surface area (Å²) in [5.41, 5.74) is 1.12. The summed E-state index contributed by atoms with van der Waals surface area (Å²) in [5, 5.41) is 12.0. The van der Waals surface area contributed by atoms with Crippen LogP contribution in [0.4, 0.5) is 0 Å². The van der Waals surface area contributed by atoms with Crippen molar-refractivity contribution in [3.05, 3.63) is 102 Å². The molecule has 180 valence electrons. The van der Waals surface area contributed by atoms with Crippen molar-refractivity contribution in [1.82, 2.24) is 0 Å². The third kappa shape index (κ3) is 5.82. The minimum atomic E-state index is -1.33. The lowest BCUT2D eigenvalue weighted by molar-refractivity contribution is -0.272. The molecule has 6 heteroatoms. The van der Waals surface area contributed by atoms with Crippen molar-refractivity contribution in [1.29, 1.82) is 0 Å². The fourth-order valence-electron chi connectivity index (χ4n) is 4.32. The Labute approximate surface area is 207 Å². The molecule has 1 aliphatic rings. The van der Waals surface area contributed by atoms with Crippen molar-refractivity contribution in [3.8, 4) is 5.75 Å². The van der Waals surface area contributed by atoms with Crippen molar-refractivity contribution in [3.63, 3.8) is 0 Å². The van der Waals surface area contributed by atoms with Crippen molar-refractivity contribution >= 4 is 12.6 Å². The van der Waals surface area contributed by atoms with Gasteiger partial charge in [-0.2, -0.15) is 0 Å². The van der Waals surface area contributed by atoms with E-state index < -0.39 is 29.3 Å². The van der Waals surface area contributed by atoms with E-state index in [1.807, 2.05) is 91.9 Å². The predicted octanol–water partition coefficient (Wildman–Crippen LogP) is 4.81. The highest BCUT2D eigenvalue weighted by Crippen LogP contribution is 2.38. The fraction of sp³-hybridized carbons (Fsp3) is 0.357. The molecule has 1 fully saturated rings. The standard InChI is InChI=1S/C28H32O5S/c1-20-28(29,17-21-13-15-24(30-2)16-14-21)26(32-19-23-11-7-4-8-12-23)25(27(34)33-20)31-18-22-9-5-3-6-10-22/h3-16,20,25-27,29,34H,17-19H2,1-2H3/t20-,25-,26-,27+,28+/m1/s1. The van der Waals surface area contributed by atoms with Gasteiger partial charge in [0.25, 0.3) is 0 Å². The first-order valence-electron chi connectivity index (χ1n) is 11.5. The molecule has 1 aliphatic heterocycles. The maximum Gasteiger partial charge on any atom is 0.129 e. The number of rotatable bonds is 9. The Hall–Kier alpha value is -2.35. The van der Waals surface area contributed by atoms with Gasteiger partial charge in [-0.25, -0.2) is 0 Å². The molecule has 1 saturated heterocycles. The minimum Gasteiger partial charge on any atom is -0.497 e. The molecule has 5 atom stereocenters. The summed E-state index contributed by atoms with van der Waals surface area (Å²) in [4.78, 5) is 0. The molecule has 3 aromatic carbocycles. The summed E-state index contributed by atoms with van der Waals surface area (Å²) in [6, 6.07) is 27.5. The number of benzene rings is 3. The Bertz CT molecular complexity index is 1010. The normalized spacial score (nSPS) is 26.8. The van der Waals surface area contributed by atoms with Gasteiger partial charge in [-0.05, 0) is 35.7 Å². The van der Waals surface area contributed by atoms with Gasteiger partial charge in [0.05, 0.1) is 26.4 Å². The lowest BCUT2D eigenvalue weighted by atomic mass is 9.80. The summed E-state index contributed by atoms with van der Waals surface area (Å²) in [5.74, 6) is 0.764. The summed E-state index contributed by atoms with van der Waals surface area (Å²) in [6.45, 7) is 2.57. The lowest BCUT2D eigenvalue weighted by Gasteiger charge is -2.50. The quantitative estimate of drug-likeness (QED) is 0.431. The van der Waals surface area contributed by atoms with Crippen LogP contribution in [0.15, 0.2) is 84.9 Å². The third-order valence-electron chi connectivity index (χ3n) is 6.32. The molecule has 0 aromatic heterocycles. The number of thiol groups is 1. The van der Waals surface area contributed by atoms with Crippen LogP contribution < -0.4 is 4.74 Å². The van der Waals surface area contributed by atoms with Crippen molar-refractivity contribution in [2.45, 2.75) is 55.9 Å². The number of aliphatic hydroxyl groups is 1. The van der Waals surface area contributed by atoms with Crippen LogP contribution in [0.5, 0.6) is 5.75 Å². The highest BCUT2D eigenvalue weighted by molar-refractivity contribution is 7.80. The average Bonchev–Trinajstić information content (AvgIpc) is 2.86. The second-order valence-electron chi connectivity index (χ2n) is 8.66. The van der Waals surface area contributed by atoms with Crippen LogP contribution in [-0.4, -0.2) is 41.6 Å². The van der Waals surface area contributed by atoms with Crippen LogP contribution in [0.1, 0.15) is 23.6 Å². The zero-order chi connectivity index (χ0) is 24.0. The summed E-state index contributed by atoms with van der Waals surface area (Å²) in [7, 11) is 1.63. The van der Waals surface area contributed by atoms with E-state index in [1.165, 1.54) is 0 Å². The van der Waals surface area contributed by atoms with Gasteiger partial charge in [0.2, 0.25) is 0 Å². The van der Waals surface area contributed by atoms with Gasteiger partial charge in [0.15, 0.2) is 0 Å². The van der Waals surface area contributed by atoms with E-state index in [1.54, 1.807) is 7.11 Å². The molecule has 1 heterocycles. The van der Waals surface area contributed by atoms with Gasteiger partial charge in [-0.1, -0.05) is 72.8 Å². The first-order valence-corrected chi connectivity index (χ1v) is 12.0. The maximum atomic E-state index is 12.0. The van der Waals surface area contributed by atoms with E-state index in [0.29, 0.717) is 19.6 Å². The topological polar surface area (TPSA) is 57.2 Å². The molecule has 0 unspecified atom stereocenters. The van der Waals surface area contributed by atoms with E-state index in [2.05, 4.69) is 12.6 Å². The van der Waals surface area contributed by atoms with E-state index in [-0.39, 0.29) is 0 Å². The average molecular weight is 481 g/mol. The van der Waals surface area contributed by atoms with E-state index in [0.717, 1.165) is 22.4 Å². The van der Waals surface area contributed by atoms with E-state index >= 15 is 0 Å². The number of hydrogen-bond donors (Lipinski definition) is 2. The zero-order valence-corrected chi connectivity index (χ0v) is 20.4.